The minimum absolute atomic E-state index is 1.02. The van der Waals surface area contributed by atoms with Gasteiger partial charge in [-0.25, -0.2) is 0 Å². The first-order chi connectivity index (χ1) is 10.3. The predicted octanol–water partition coefficient (Wildman–Crippen LogP) is 3.36. The summed E-state index contributed by atoms with van der Waals surface area (Å²) in [5.74, 6) is 0. The summed E-state index contributed by atoms with van der Waals surface area (Å²) in [5.41, 5.74) is 5.36. The van der Waals surface area contributed by atoms with Gasteiger partial charge in [-0.1, -0.05) is 60.2 Å². The molecule has 0 atom stereocenters. The maximum atomic E-state index is 3.66. The number of fused-ring (bicyclic) bond motifs is 2. The van der Waals surface area contributed by atoms with Crippen LogP contribution in [0.4, 0.5) is 0 Å². The molecule has 2 aromatic carbocycles. The summed E-state index contributed by atoms with van der Waals surface area (Å²) < 4.78 is 0. The van der Waals surface area contributed by atoms with Crippen molar-refractivity contribution in [3.05, 3.63) is 92.7 Å². The predicted molar refractivity (Wildman–Crippen MR) is 87.7 cm³/mol. The van der Waals surface area contributed by atoms with Crippen LogP contribution in [-0.4, -0.2) is 0 Å². The topological polar surface area (TPSA) is 0 Å². The second kappa shape index (κ2) is 4.60. The fourth-order valence-corrected chi connectivity index (χ4v) is 3.24. The monoisotopic (exact) mass is 269 g/mol. The van der Waals surface area contributed by atoms with Crippen molar-refractivity contribution >= 4 is 11.1 Å². The third-order valence-corrected chi connectivity index (χ3v) is 4.31. The van der Waals surface area contributed by atoms with Crippen LogP contribution in [0.25, 0.3) is 11.1 Å². The molecule has 0 fully saturated rings. The molecule has 2 aromatic rings. The van der Waals surface area contributed by atoms with Crippen molar-refractivity contribution in [3.8, 4) is 0 Å². The molecule has 0 amide bonds. The minimum Gasteiger partial charge on any atom is -0.0801 e. The number of hydrogen-bond donors (Lipinski definition) is 0. The molecular formula is C21H17. The third-order valence-electron chi connectivity index (χ3n) is 4.31. The summed E-state index contributed by atoms with van der Waals surface area (Å²) in [6, 6.07) is 16.8. The van der Waals surface area contributed by atoms with Gasteiger partial charge in [0, 0.05) is 0 Å². The van der Waals surface area contributed by atoms with E-state index in [1.807, 2.05) is 0 Å². The molecule has 0 unspecified atom stereocenters. The lowest BCUT2D eigenvalue weighted by Crippen LogP contribution is -2.08. The van der Waals surface area contributed by atoms with Crippen molar-refractivity contribution in [1.29, 1.82) is 0 Å². The van der Waals surface area contributed by atoms with Gasteiger partial charge < -0.3 is 0 Å². The van der Waals surface area contributed by atoms with Crippen molar-refractivity contribution in [3.63, 3.8) is 0 Å². The van der Waals surface area contributed by atoms with E-state index in [2.05, 4.69) is 74.5 Å². The molecule has 4 rings (SSSR count). The highest BCUT2D eigenvalue weighted by molar-refractivity contribution is 5.82. The fraction of sp³-hybridized carbons (Fsp3) is 0.143. The van der Waals surface area contributed by atoms with Gasteiger partial charge in [0.05, 0.1) is 0 Å². The molecule has 0 aliphatic heterocycles. The molecule has 0 saturated heterocycles. The van der Waals surface area contributed by atoms with E-state index in [-0.39, 0.29) is 0 Å². The zero-order chi connectivity index (χ0) is 14.4. The molecule has 0 aromatic heterocycles. The molecule has 2 aliphatic rings. The van der Waals surface area contributed by atoms with Crippen molar-refractivity contribution in [1.82, 2.24) is 0 Å². The van der Waals surface area contributed by atoms with Crippen molar-refractivity contribution in [2.75, 3.05) is 0 Å². The lowest BCUT2D eigenvalue weighted by molar-refractivity contribution is 1.32. The Morgan fingerprint density at radius 2 is 1.76 bits per heavy atom. The normalized spacial score (nSPS) is 15.0. The summed E-state index contributed by atoms with van der Waals surface area (Å²) in [5, 5.41) is 5.22. The maximum absolute atomic E-state index is 3.66. The Bertz CT molecular complexity index is 1010. The van der Waals surface area contributed by atoms with E-state index in [4.69, 9.17) is 0 Å². The van der Waals surface area contributed by atoms with E-state index >= 15 is 0 Å². The van der Waals surface area contributed by atoms with Crippen LogP contribution in [0.2, 0.25) is 0 Å². The Hall–Kier alpha value is -2.34. The average Bonchev–Trinajstić information content (AvgIpc) is 3.11. The first-order valence-electron chi connectivity index (χ1n) is 7.46. The highest BCUT2D eigenvalue weighted by atomic mass is 14.2. The van der Waals surface area contributed by atoms with E-state index < -0.39 is 0 Å². The molecular weight excluding hydrogens is 252 g/mol. The van der Waals surface area contributed by atoms with Gasteiger partial charge in [0.15, 0.2) is 0 Å². The Labute approximate surface area is 124 Å². The minimum atomic E-state index is 1.02. The van der Waals surface area contributed by atoms with Crippen LogP contribution in [-0.2, 0) is 0 Å². The van der Waals surface area contributed by atoms with Crippen LogP contribution < -0.4 is 10.4 Å². The summed E-state index contributed by atoms with van der Waals surface area (Å²) >= 11 is 0. The summed E-state index contributed by atoms with van der Waals surface area (Å²) in [7, 11) is 0. The SMILES string of the molecule is CC(C)=c1[c]c2c(cc1)=c1ccccc1=C2C1=CC=CC1. The van der Waals surface area contributed by atoms with E-state index in [0.717, 1.165) is 6.42 Å². The smallest absolute Gasteiger partial charge is 0.00110 e. The maximum Gasteiger partial charge on any atom is -0.00110 e. The molecule has 0 nitrogen and oxygen atoms in total. The van der Waals surface area contributed by atoms with Gasteiger partial charge in [-0.2, -0.15) is 0 Å². The zero-order valence-corrected chi connectivity index (χ0v) is 12.4. The lowest BCUT2D eigenvalue weighted by atomic mass is 9.96. The van der Waals surface area contributed by atoms with Crippen LogP contribution >= 0.6 is 0 Å². The highest BCUT2D eigenvalue weighted by Crippen LogP contribution is 2.28. The summed E-state index contributed by atoms with van der Waals surface area (Å²) in [6.45, 7) is 4.30. The van der Waals surface area contributed by atoms with Crippen LogP contribution in [0.15, 0.2) is 60.2 Å². The molecule has 0 heterocycles. The van der Waals surface area contributed by atoms with Crippen LogP contribution in [0, 0.1) is 16.5 Å². The van der Waals surface area contributed by atoms with Crippen LogP contribution in [0.3, 0.4) is 0 Å². The Balaban J connectivity index is 2.17. The van der Waals surface area contributed by atoms with Gasteiger partial charge >= 0.3 is 0 Å². The van der Waals surface area contributed by atoms with E-state index in [9.17, 15) is 0 Å². The zero-order valence-electron chi connectivity index (χ0n) is 12.4. The molecule has 0 heteroatoms. The summed E-state index contributed by atoms with van der Waals surface area (Å²) in [6.07, 6.45) is 7.65. The van der Waals surface area contributed by atoms with Gasteiger partial charge in [-0.05, 0) is 63.9 Å². The third kappa shape index (κ3) is 1.83. The van der Waals surface area contributed by atoms with Gasteiger partial charge in [-0.3, -0.25) is 0 Å². The first-order valence-corrected chi connectivity index (χ1v) is 7.46. The fourth-order valence-electron chi connectivity index (χ4n) is 3.24. The van der Waals surface area contributed by atoms with Crippen molar-refractivity contribution < 1.29 is 0 Å². The molecule has 0 saturated carbocycles. The first kappa shape index (κ1) is 12.4. The van der Waals surface area contributed by atoms with Crippen LogP contribution in [0.1, 0.15) is 25.8 Å². The molecule has 21 heavy (non-hydrogen) atoms. The Morgan fingerprint density at radius 3 is 2.48 bits per heavy atom. The van der Waals surface area contributed by atoms with Crippen molar-refractivity contribution in [2.24, 2.45) is 0 Å². The average molecular weight is 269 g/mol. The molecule has 0 spiro atoms. The summed E-state index contributed by atoms with van der Waals surface area (Å²) in [4.78, 5) is 0. The standard InChI is InChI=1S/C21H17/c1-14(2)16-11-12-18-17-9-5-6-10-19(17)21(20(18)13-16)15-7-3-4-8-15/h3-7,9-12H,8H2,1-2H3. The molecule has 0 N–H and O–H groups in total. The number of allylic oxidation sites excluding steroid dienone is 4. The van der Waals surface area contributed by atoms with Gasteiger partial charge in [0.1, 0.15) is 0 Å². The van der Waals surface area contributed by atoms with Crippen molar-refractivity contribution in [2.45, 2.75) is 20.3 Å². The number of rotatable bonds is 1. The molecule has 101 valence electrons. The number of benzene rings is 2. The Morgan fingerprint density at radius 1 is 0.952 bits per heavy atom. The van der Waals surface area contributed by atoms with E-state index in [1.54, 1.807) is 0 Å². The molecule has 2 aliphatic carbocycles. The van der Waals surface area contributed by atoms with E-state index in [0.29, 0.717) is 0 Å². The van der Waals surface area contributed by atoms with Gasteiger partial charge in [0.2, 0.25) is 0 Å². The Kier molecular flexibility index (Phi) is 2.71. The highest BCUT2D eigenvalue weighted by Gasteiger charge is 2.17. The van der Waals surface area contributed by atoms with Gasteiger partial charge in [-0.15, -0.1) is 0 Å². The molecule has 1 radical (unpaired) electrons. The van der Waals surface area contributed by atoms with Crippen LogP contribution in [0.5, 0.6) is 0 Å². The van der Waals surface area contributed by atoms with E-state index in [1.165, 1.54) is 43.2 Å². The second-order valence-electron chi connectivity index (χ2n) is 5.91. The second-order valence-corrected chi connectivity index (χ2v) is 5.91. The van der Waals surface area contributed by atoms with Gasteiger partial charge in [0.25, 0.3) is 0 Å². The largest absolute Gasteiger partial charge is 0.0801 e. The quantitative estimate of drug-likeness (QED) is 0.744. The lowest BCUT2D eigenvalue weighted by Gasteiger charge is -2.07. The molecule has 0 bridgehead atoms. The number of hydrogen-bond acceptors (Lipinski definition) is 0.